The van der Waals surface area contributed by atoms with Crippen LogP contribution in [0.2, 0.25) is 5.02 Å². The van der Waals surface area contributed by atoms with E-state index >= 15 is 0 Å². The number of hydrogen-bond acceptors (Lipinski definition) is 4. The molecule has 1 aromatic rings. The van der Waals surface area contributed by atoms with Crippen LogP contribution in [0.25, 0.3) is 0 Å². The first kappa shape index (κ1) is 15.5. The van der Waals surface area contributed by atoms with Crippen molar-refractivity contribution in [1.29, 1.82) is 0 Å². The smallest absolute Gasteiger partial charge is 0.126 e. The van der Waals surface area contributed by atoms with E-state index in [1.165, 1.54) is 12.8 Å². The molecule has 0 amide bonds. The first-order valence-corrected chi connectivity index (χ1v) is 7.86. The van der Waals surface area contributed by atoms with Crippen molar-refractivity contribution in [2.75, 3.05) is 25.0 Å². The Hall–Kier alpha value is -0.840. The minimum Gasteiger partial charge on any atom is -0.395 e. The Labute approximate surface area is 126 Å². The van der Waals surface area contributed by atoms with Gasteiger partial charge < -0.3 is 10.4 Å². The zero-order chi connectivity index (χ0) is 14.4. The number of piperidine rings is 1. The number of nitrogens with one attached hydrogen (secondary N) is 1. The van der Waals surface area contributed by atoms with Crippen LogP contribution < -0.4 is 5.32 Å². The molecule has 0 bridgehead atoms. The van der Waals surface area contributed by atoms with Gasteiger partial charge in [-0.15, -0.1) is 0 Å². The van der Waals surface area contributed by atoms with Gasteiger partial charge in [0.15, 0.2) is 0 Å². The van der Waals surface area contributed by atoms with E-state index < -0.39 is 0 Å². The van der Waals surface area contributed by atoms with E-state index in [1.54, 1.807) is 0 Å². The lowest BCUT2D eigenvalue weighted by atomic mass is 10.0. The molecule has 1 saturated heterocycles. The van der Waals surface area contributed by atoms with Crippen LogP contribution in [0.3, 0.4) is 0 Å². The Morgan fingerprint density at radius 1 is 1.45 bits per heavy atom. The molecule has 0 saturated carbocycles. The number of aromatic nitrogens is 1. The van der Waals surface area contributed by atoms with Crippen LogP contribution in [0, 0.1) is 0 Å². The van der Waals surface area contributed by atoms with Gasteiger partial charge in [-0.2, -0.15) is 0 Å². The Bertz CT molecular complexity index is 428. The number of halogens is 1. The maximum absolute atomic E-state index is 9.47. The second-order valence-corrected chi connectivity index (χ2v) is 5.76. The largest absolute Gasteiger partial charge is 0.395 e. The highest BCUT2D eigenvalue weighted by molar-refractivity contribution is 6.31. The third-order valence-electron chi connectivity index (χ3n) is 3.79. The van der Waals surface area contributed by atoms with E-state index in [9.17, 15) is 5.11 Å². The van der Waals surface area contributed by atoms with Gasteiger partial charge in [0.25, 0.3) is 0 Å². The van der Waals surface area contributed by atoms with Crippen LogP contribution in [0.5, 0.6) is 0 Å². The van der Waals surface area contributed by atoms with Crippen LogP contribution >= 0.6 is 11.6 Å². The molecule has 0 spiro atoms. The number of aliphatic hydroxyl groups is 1. The van der Waals surface area contributed by atoms with Crippen LogP contribution in [0.4, 0.5) is 5.82 Å². The average molecular weight is 298 g/mol. The van der Waals surface area contributed by atoms with Crippen molar-refractivity contribution < 1.29 is 5.11 Å². The van der Waals surface area contributed by atoms with E-state index in [1.807, 2.05) is 12.1 Å². The molecular formula is C15H24ClN3O. The summed E-state index contributed by atoms with van der Waals surface area (Å²) in [6, 6.07) is 4.06. The van der Waals surface area contributed by atoms with Gasteiger partial charge in [-0.3, -0.25) is 4.90 Å². The fraction of sp³-hybridized carbons (Fsp3) is 0.667. The topological polar surface area (TPSA) is 48.4 Å². The maximum Gasteiger partial charge on any atom is 0.126 e. The van der Waals surface area contributed by atoms with Crippen molar-refractivity contribution in [3.63, 3.8) is 0 Å². The molecule has 1 aromatic heterocycles. The van der Waals surface area contributed by atoms with E-state index in [4.69, 9.17) is 11.6 Å². The lowest BCUT2D eigenvalue weighted by Crippen LogP contribution is -2.41. The summed E-state index contributed by atoms with van der Waals surface area (Å²) in [5, 5.41) is 13.5. The Morgan fingerprint density at radius 3 is 3.05 bits per heavy atom. The van der Waals surface area contributed by atoms with E-state index in [0.29, 0.717) is 11.6 Å². The third kappa shape index (κ3) is 4.08. The monoisotopic (exact) mass is 297 g/mol. The van der Waals surface area contributed by atoms with Crippen molar-refractivity contribution in [1.82, 2.24) is 9.88 Å². The lowest BCUT2D eigenvalue weighted by molar-refractivity contribution is 0.0831. The first-order chi connectivity index (χ1) is 9.74. The highest BCUT2D eigenvalue weighted by Gasteiger charge is 2.22. The van der Waals surface area contributed by atoms with E-state index in [0.717, 1.165) is 37.4 Å². The van der Waals surface area contributed by atoms with Crippen molar-refractivity contribution in [3.05, 3.63) is 22.8 Å². The summed E-state index contributed by atoms with van der Waals surface area (Å²) in [5.41, 5.74) is 0.896. The molecule has 0 aliphatic carbocycles. The molecule has 1 fully saturated rings. The van der Waals surface area contributed by atoms with Crippen molar-refractivity contribution >= 4 is 17.4 Å². The fourth-order valence-electron chi connectivity index (χ4n) is 2.61. The van der Waals surface area contributed by atoms with Gasteiger partial charge >= 0.3 is 0 Å². The third-order valence-corrected chi connectivity index (χ3v) is 4.13. The van der Waals surface area contributed by atoms with Gasteiger partial charge in [-0.25, -0.2) is 4.98 Å². The summed E-state index contributed by atoms with van der Waals surface area (Å²) < 4.78 is 0. The SMILES string of the molecule is CCCNc1ccc(Cl)c(CN2CCCCC2CO)n1. The number of anilines is 1. The minimum absolute atomic E-state index is 0.214. The number of likely N-dealkylation sites (tertiary alicyclic amines) is 1. The predicted molar refractivity (Wildman–Crippen MR) is 83.2 cm³/mol. The molecule has 1 aliphatic heterocycles. The van der Waals surface area contributed by atoms with Gasteiger partial charge in [-0.05, 0) is 37.9 Å². The minimum atomic E-state index is 0.214. The van der Waals surface area contributed by atoms with Crippen LogP contribution in [-0.2, 0) is 6.54 Å². The number of hydrogen-bond donors (Lipinski definition) is 2. The van der Waals surface area contributed by atoms with Crippen LogP contribution in [0.1, 0.15) is 38.3 Å². The van der Waals surface area contributed by atoms with E-state index in [2.05, 4.69) is 22.1 Å². The van der Waals surface area contributed by atoms with Gasteiger partial charge in [0.1, 0.15) is 5.82 Å². The molecule has 1 atom stereocenters. The highest BCUT2D eigenvalue weighted by Crippen LogP contribution is 2.23. The Balaban J connectivity index is 2.06. The molecular weight excluding hydrogens is 274 g/mol. The zero-order valence-corrected chi connectivity index (χ0v) is 12.9. The maximum atomic E-state index is 9.47. The summed E-state index contributed by atoms with van der Waals surface area (Å²) in [6.07, 6.45) is 4.50. The van der Waals surface area contributed by atoms with E-state index in [-0.39, 0.29) is 12.6 Å². The first-order valence-electron chi connectivity index (χ1n) is 7.48. The number of pyridine rings is 1. The van der Waals surface area contributed by atoms with Crippen molar-refractivity contribution in [3.8, 4) is 0 Å². The lowest BCUT2D eigenvalue weighted by Gasteiger charge is -2.34. The zero-order valence-electron chi connectivity index (χ0n) is 12.1. The molecule has 0 aromatic carbocycles. The summed E-state index contributed by atoms with van der Waals surface area (Å²) >= 11 is 6.26. The van der Waals surface area contributed by atoms with Gasteiger partial charge in [0, 0.05) is 19.1 Å². The molecule has 112 valence electrons. The Kier molecular flexibility index (Phi) is 6.07. The molecule has 20 heavy (non-hydrogen) atoms. The van der Waals surface area contributed by atoms with Gasteiger partial charge in [0.05, 0.1) is 17.3 Å². The summed E-state index contributed by atoms with van der Waals surface area (Å²) in [5.74, 6) is 0.879. The predicted octanol–water partition coefficient (Wildman–Crippen LogP) is 2.90. The summed E-state index contributed by atoms with van der Waals surface area (Å²) in [6.45, 7) is 4.98. The second kappa shape index (κ2) is 7.81. The Morgan fingerprint density at radius 2 is 2.30 bits per heavy atom. The number of aliphatic hydroxyl groups excluding tert-OH is 1. The molecule has 2 rings (SSSR count). The highest BCUT2D eigenvalue weighted by atomic mass is 35.5. The number of nitrogens with zero attached hydrogens (tertiary/aromatic N) is 2. The van der Waals surface area contributed by atoms with Gasteiger partial charge in [0.2, 0.25) is 0 Å². The molecule has 4 nitrogen and oxygen atoms in total. The average Bonchev–Trinajstić information content (AvgIpc) is 2.48. The fourth-order valence-corrected chi connectivity index (χ4v) is 2.78. The molecule has 2 heterocycles. The van der Waals surface area contributed by atoms with Crippen molar-refractivity contribution in [2.24, 2.45) is 0 Å². The van der Waals surface area contributed by atoms with Crippen LogP contribution in [-0.4, -0.2) is 40.7 Å². The number of rotatable bonds is 6. The second-order valence-electron chi connectivity index (χ2n) is 5.35. The van der Waals surface area contributed by atoms with Crippen molar-refractivity contribution in [2.45, 2.75) is 45.2 Å². The van der Waals surface area contributed by atoms with Gasteiger partial charge in [-0.1, -0.05) is 24.9 Å². The molecule has 0 radical (unpaired) electrons. The molecule has 1 unspecified atom stereocenters. The summed E-state index contributed by atoms with van der Waals surface area (Å²) in [4.78, 5) is 6.90. The molecule has 2 N–H and O–H groups in total. The molecule has 1 aliphatic rings. The van der Waals surface area contributed by atoms with Crippen LogP contribution in [0.15, 0.2) is 12.1 Å². The summed E-state index contributed by atoms with van der Waals surface area (Å²) in [7, 11) is 0. The normalized spacial score (nSPS) is 20.1. The molecule has 5 heteroatoms. The standard InChI is InChI=1S/C15H24ClN3O/c1-2-8-17-15-7-6-13(16)14(18-15)10-19-9-4-3-5-12(19)11-20/h6-7,12,20H,2-5,8-11H2,1H3,(H,17,18). The quantitative estimate of drug-likeness (QED) is 0.848.